The number of carbonyl (C=O) groups excluding carboxylic acids is 2. The summed E-state index contributed by atoms with van der Waals surface area (Å²) in [6.45, 7) is 3.43. The average molecular weight is 717 g/mol. The van der Waals surface area contributed by atoms with Gasteiger partial charge in [0, 0.05) is 12.8 Å². The van der Waals surface area contributed by atoms with Gasteiger partial charge in [-0.3, -0.25) is 14.1 Å². The first-order valence-electron chi connectivity index (χ1n) is 18.5. The number of unbranched alkanes of at least 4 members (excludes halogenated alkanes) is 6. The molecule has 0 aromatic heterocycles. The van der Waals surface area contributed by atoms with Crippen LogP contribution in [0.3, 0.4) is 0 Å². The van der Waals surface area contributed by atoms with Gasteiger partial charge < -0.3 is 19.3 Å². The molecule has 0 spiro atoms. The zero-order valence-electron chi connectivity index (χ0n) is 30.7. The summed E-state index contributed by atoms with van der Waals surface area (Å²) in [4.78, 5) is 42.7. The summed E-state index contributed by atoms with van der Waals surface area (Å²) in [6, 6.07) is 0. The predicted octanol–water partition coefficient (Wildman–Crippen LogP) is 11.1. The van der Waals surface area contributed by atoms with E-state index < -0.39 is 32.5 Å². The fourth-order valence-corrected chi connectivity index (χ4v) is 4.71. The molecule has 2 N–H and O–H groups in total. The van der Waals surface area contributed by atoms with Crippen LogP contribution in [0.25, 0.3) is 0 Å². The minimum atomic E-state index is -4.78. The van der Waals surface area contributed by atoms with Crippen LogP contribution in [0.15, 0.2) is 97.2 Å². The second-order valence-corrected chi connectivity index (χ2v) is 13.0. The topological polar surface area (TPSA) is 119 Å². The van der Waals surface area contributed by atoms with Gasteiger partial charge in [0.15, 0.2) is 6.10 Å². The molecule has 0 aliphatic rings. The molecule has 0 aromatic carbocycles. The van der Waals surface area contributed by atoms with Crippen molar-refractivity contribution in [3.63, 3.8) is 0 Å². The first kappa shape index (κ1) is 47.0. The van der Waals surface area contributed by atoms with Gasteiger partial charge in [0.25, 0.3) is 0 Å². The third-order valence-electron chi connectivity index (χ3n) is 7.09. The standard InChI is InChI=1S/C41H65O8P/c1-3-5-7-9-11-13-15-17-19-20-22-24-26-28-30-32-34-36-41(43)49-39(38-48-50(44,45)46)37-47-40(42)35-33-31-29-27-25-23-21-18-16-14-12-10-8-6-4-2/h5,7,11-14,17-19,21-22,24-25,27-28,30,39H,3-4,6,8-10,15-16,20,23,26,29,31-38H2,1-2H3,(H2,44,45,46)/b7-5+,13-11+,14-12+,19-17+,21-18+,24-22+,27-25+,30-28+/t39-/m1/s1. The summed E-state index contributed by atoms with van der Waals surface area (Å²) < 4.78 is 26.2. The molecule has 0 amide bonds. The van der Waals surface area contributed by atoms with Gasteiger partial charge in [0.1, 0.15) is 6.61 Å². The summed E-state index contributed by atoms with van der Waals surface area (Å²) >= 11 is 0. The SMILES string of the molecule is CC/C=C/C/C=C/C/C=C/C/C=C/C/C=C/CCCC(=O)O[C@H](COC(=O)CCCC/C=C/C/C=C/C/C=C/CCCCC)COP(=O)(O)O. The number of allylic oxidation sites excluding steroid dienone is 16. The van der Waals surface area contributed by atoms with Crippen LogP contribution in [-0.2, 0) is 28.2 Å². The van der Waals surface area contributed by atoms with Crippen LogP contribution in [0.2, 0.25) is 0 Å². The molecule has 0 radical (unpaired) electrons. The summed E-state index contributed by atoms with van der Waals surface area (Å²) in [7, 11) is -4.78. The lowest BCUT2D eigenvalue weighted by Gasteiger charge is -2.18. The highest BCUT2D eigenvalue weighted by atomic mass is 31.2. The van der Waals surface area contributed by atoms with Crippen molar-refractivity contribution >= 4 is 19.8 Å². The van der Waals surface area contributed by atoms with Crippen LogP contribution in [0.1, 0.15) is 129 Å². The first-order chi connectivity index (χ1) is 24.3. The van der Waals surface area contributed by atoms with Crippen LogP contribution >= 0.6 is 7.82 Å². The highest BCUT2D eigenvalue weighted by molar-refractivity contribution is 7.46. The minimum Gasteiger partial charge on any atom is -0.462 e. The molecule has 0 unspecified atom stereocenters. The van der Waals surface area contributed by atoms with Gasteiger partial charge in [-0.25, -0.2) is 4.57 Å². The van der Waals surface area contributed by atoms with Gasteiger partial charge in [0.05, 0.1) is 6.61 Å². The average Bonchev–Trinajstić information content (AvgIpc) is 3.08. The Morgan fingerprint density at radius 3 is 1.42 bits per heavy atom. The Kier molecular flexibility index (Phi) is 33.6. The van der Waals surface area contributed by atoms with E-state index in [1.165, 1.54) is 19.3 Å². The van der Waals surface area contributed by atoms with E-state index in [1.807, 2.05) is 12.2 Å². The fraction of sp³-hybridized carbons (Fsp3) is 0.561. The van der Waals surface area contributed by atoms with Crippen molar-refractivity contribution < 1.29 is 37.9 Å². The van der Waals surface area contributed by atoms with Gasteiger partial charge in [-0.15, -0.1) is 0 Å². The maximum absolute atomic E-state index is 12.3. The maximum Gasteiger partial charge on any atom is 0.469 e. The number of hydrogen-bond donors (Lipinski definition) is 2. The highest BCUT2D eigenvalue weighted by Crippen LogP contribution is 2.35. The first-order valence-corrected chi connectivity index (χ1v) is 20.1. The summed E-state index contributed by atoms with van der Waals surface area (Å²) in [6.07, 6.45) is 48.5. The van der Waals surface area contributed by atoms with E-state index in [9.17, 15) is 14.2 Å². The zero-order valence-corrected chi connectivity index (χ0v) is 31.6. The number of esters is 2. The minimum absolute atomic E-state index is 0.119. The number of phosphoric acid groups is 1. The van der Waals surface area contributed by atoms with Gasteiger partial charge in [0.2, 0.25) is 0 Å². The third-order valence-corrected chi connectivity index (χ3v) is 7.57. The van der Waals surface area contributed by atoms with Crippen LogP contribution in [0, 0.1) is 0 Å². The van der Waals surface area contributed by atoms with Gasteiger partial charge in [-0.2, -0.15) is 0 Å². The maximum atomic E-state index is 12.3. The molecule has 9 heteroatoms. The smallest absolute Gasteiger partial charge is 0.462 e. The Labute approximate surface area is 303 Å². The molecule has 0 fully saturated rings. The van der Waals surface area contributed by atoms with Crippen molar-refractivity contribution in [1.29, 1.82) is 0 Å². The summed E-state index contributed by atoms with van der Waals surface area (Å²) in [5.41, 5.74) is 0. The van der Waals surface area contributed by atoms with Crippen LogP contribution in [-0.4, -0.2) is 41.0 Å². The normalized spacial score (nSPS) is 13.6. The Balaban J connectivity index is 4.18. The molecule has 0 saturated heterocycles. The van der Waals surface area contributed by atoms with Gasteiger partial charge in [-0.1, -0.05) is 124 Å². The molecule has 8 nitrogen and oxygen atoms in total. The quantitative estimate of drug-likeness (QED) is 0.0305. The molecular weight excluding hydrogens is 651 g/mol. The molecule has 0 aromatic rings. The number of carbonyl (C=O) groups is 2. The fourth-order valence-electron chi connectivity index (χ4n) is 4.35. The monoisotopic (exact) mass is 716 g/mol. The molecule has 50 heavy (non-hydrogen) atoms. The number of phosphoric ester groups is 1. The second-order valence-electron chi connectivity index (χ2n) is 11.8. The Bertz CT molecular complexity index is 1120. The lowest BCUT2D eigenvalue weighted by atomic mass is 10.1. The van der Waals surface area contributed by atoms with Crippen molar-refractivity contribution in [2.75, 3.05) is 13.2 Å². The van der Waals surface area contributed by atoms with Crippen molar-refractivity contribution in [3.05, 3.63) is 97.2 Å². The lowest BCUT2D eigenvalue weighted by molar-refractivity contribution is -0.161. The van der Waals surface area contributed by atoms with E-state index in [2.05, 4.69) is 103 Å². The molecule has 282 valence electrons. The zero-order chi connectivity index (χ0) is 36.8. The second kappa shape index (κ2) is 35.8. The molecule has 1 atom stereocenters. The molecule has 0 heterocycles. The van der Waals surface area contributed by atoms with Crippen LogP contribution < -0.4 is 0 Å². The lowest BCUT2D eigenvalue weighted by Crippen LogP contribution is -2.29. The number of hydrogen-bond acceptors (Lipinski definition) is 6. The van der Waals surface area contributed by atoms with Crippen molar-refractivity contribution in [1.82, 2.24) is 0 Å². The van der Waals surface area contributed by atoms with Crippen molar-refractivity contribution in [2.24, 2.45) is 0 Å². The van der Waals surface area contributed by atoms with Gasteiger partial charge in [-0.05, 0) is 89.9 Å². The molecule has 0 rings (SSSR count). The summed E-state index contributed by atoms with van der Waals surface area (Å²) in [5, 5.41) is 0. The van der Waals surface area contributed by atoms with E-state index in [4.69, 9.17) is 19.3 Å². The van der Waals surface area contributed by atoms with E-state index in [0.717, 1.165) is 64.2 Å². The Morgan fingerprint density at radius 1 is 0.540 bits per heavy atom. The number of ether oxygens (including phenoxy) is 2. The van der Waals surface area contributed by atoms with Gasteiger partial charge >= 0.3 is 19.8 Å². The van der Waals surface area contributed by atoms with E-state index in [-0.39, 0.29) is 19.4 Å². The number of rotatable bonds is 32. The Morgan fingerprint density at radius 2 is 0.960 bits per heavy atom. The van der Waals surface area contributed by atoms with Crippen LogP contribution in [0.4, 0.5) is 0 Å². The van der Waals surface area contributed by atoms with Crippen molar-refractivity contribution in [3.8, 4) is 0 Å². The molecular formula is C41H65O8P. The highest BCUT2D eigenvalue weighted by Gasteiger charge is 2.22. The predicted molar refractivity (Wildman–Crippen MR) is 206 cm³/mol. The molecule has 0 aliphatic heterocycles. The van der Waals surface area contributed by atoms with E-state index >= 15 is 0 Å². The molecule has 0 saturated carbocycles. The van der Waals surface area contributed by atoms with E-state index in [0.29, 0.717) is 19.3 Å². The summed E-state index contributed by atoms with van der Waals surface area (Å²) in [5.74, 6) is -1.01. The molecule has 0 aliphatic carbocycles. The van der Waals surface area contributed by atoms with Crippen LogP contribution in [0.5, 0.6) is 0 Å². The van der Waals surface area contributed by atoms with E-state index in [1.54, 1.807) is 0 Å². The third kappa shape index (κ3) is 37.8. The van der Waals surface area contributed by atoms with Crippen molar-refractivity contribution in [2.45, 2.75) is 136 Å². The molecule has 0 bridgehead atoms. The largest absolute Gasteiger partial charge is 0.469 e. The Hall–Kier alpha value is -3.03.